The number of amides is 1. The van der Waals surface area contributed by atoms with E-state index in [4.69, 9.17) is 0 Å². The van der Waals surface area contributed by atoms with E-state index in [1.165, 1.54) is 23.1 Å². The van der Waals surface area contributed by atoms with Crippen molar-refractivity contribution in [1.82, 2.24) is 0 Å². The van der Waals surface area contributed by atoms with Gasteiger partial charge in [0.05, 0.1) is 5.56 Å². The number of anilines is 1. The smallest absolute Gasteiger partial charge is 0.261 e. The number of nitrogens with zero attached hydrogens (tertiary/aromatic N) is 1. The summed E-state index contributed by atoms with van der Waals surface area (Å²) >= 11 is 0. The van der Waals surface area contributed by atoms with Crippen LogP contribution in [0.2, 0.25) is 0 Å². The molecule has 4 nitrogen and oxygen atoms in total. The van der Waals surface area contributed by atoms with E-state index < -0.39 is 0 Å². The first-order valence-electron chi connectivity index (χ1n) is 5.86. The average molecular weight is 257 g/mol. The quantitative estimate of drug-likeness (QED) is 0.813. The number of hydrogen-bond acceptors (Lipinski definition) is 3. The van der Waals surface area contributed by atoms with Gasteiger partial charge < -0.3 is 15.1 Å². The summed E-state index contributed by atoms with van der Waals surface area (Å²) in [6.45, 7) is 1.94. The normalized spacial score (nSPS) is 10.2. The standard InChI is InChI=1S/C15H15NO3/c1-10-4-3-5-11(8-10)16(2)15(19)13-9-12(17)6-7-14(13)18/h3-9,17-18H,1-2H3. The fourth-order valence-corrected chi connectivity index (χ4v) is 1.83. The van der Waals surface area contributed by atoms with Crippen molar-refractivity contribution in [3.8, 4) is 11.5 Å². The first kappa shape index (κ1) is 13.0. The van der Waals surface area contributed by atoms with E-state index in [0.717, 1.165) is 11.3 Å². The summed E-state index contributed by atoms with van der Waals surface area (Å²) in [5, 5.41) is 19.1. The van der Waals surface area contributed by atoms with Gasteiger partial charge in [-0.05, 0) is 42.8 Å². The summed E-state index contributed by atoms with van der Waals surface area (Å²) in [5.41, 5.74) is 1.84. The molecular weight excluding hydrogens is 242 g/mol. The van der Waals surface area contributed by atoms with Crippen LogP contribution < -0.4 is 4.90 Å². The predicted molar refractivity (Wildman–Crippen MR) is 73.7 cm³/mol. The van der Waals surface area contributed by atoms with Crippen molar-refractivity contribution in [1.29, 1.82) is 0 Å². The Morgan fingerprint density at radius 3 is 2.53 bits per heavy atom. The van der Waals surface area contributed by atoms with Crippen molar-refractivity contribution in [3.63, 3.8) is 0 Å². The lowest BCUT2D eigenvalue weighted by atomic mass is 10.1. The Balaban J connectivity index is 2.36. The zero-order valence-corrected chi connectivity index (χ0v) is 10.8. The molecule has 19 heavy (non-hydrogen) atoms. The first-order chi connectivity index (χ1) is 8.99. The summed E-state index contributed by atoms with van der Waals surface area (Å²) < 4.78 is 0. The van der Waals surface area contributed by atoms with Gasteiger partial charge in [-0.1, -0.05) is 12.1 Å². The molecule has 98 valence electrons. The minimum atomic E-state index is -0.376. The molecule has 0 aromatic heterocycles. The first-order valence-corrected chi connectivity index (χ1v) is 5.86. The third kappa shape index (κ3) is 2.68. The molecule has 0 fully saturated rings. The molecule has 2 N–H and O–H groups in total. The third-order valence-electron chi connectivity index (χ3n) is 2.90. The highest BCUT2D eigenvalue weighted by Gasteiger charge is 2.17. The number of rotatable bonds is 2. The Hall–Kier alpha value is -2.49. The summed E-state index contributed by atoms with van der Waals surface area (Å²) in [4.78, 5) is 13.7. The number of phenols is 2. The number of aromatic hydroxyl groups is 2. The van der Waals surface area contributed by atoms with Crippen molar-refractivity contribution in [2.24, 2.45) is 0 Å². The van der Waals surface area contributed by atoms with Gasteiger partial charge in [0.2, 0.25) is 0 Å². The second-order valence-electron chi connectivity index (χ2n) is 4.40. The number of carbonyl (C=O) groups is 1. The Morgan fingerprint density at radius 2 is 1.84 bits per heavy atom. The van der Waals surface area contributed by atoms with Crippen LogP contribution >= 0.6 is 0 Å². The molecule has 0 bridgehead atoms. The molecule has 2 aromatic rings. The van der Waals surface area contributed by atoms with Gasteiger partial charge in [-0.3, -0.25) is 4.79 Å². The summed E-state index contributed by atoms with van der Waals surface area (Å²) in [5.74, 6) is -0.583. The van der Waals surface area contributed by atoms with Crippen LogP contribution in [0.4, 0.5) is 5.69 Å². The Bertz CT molecular complexity index is 623. The van der Waals surface area contributed by atoms with Crippen LogP contribution in [0.3, 0.4) is 0 Å². The molecule has 0 aliphatic carbocycles. The molecule has 2 rings (SSSR count). The van der Waals surface area contributed by atoms with Crippen molar-refractivity contribution in [3.05, 3.63) is 53.6 Å². The molecule has 0 saturated carbocycles. The van der Waals surface area contributed by atoms with E-state index in [9.17, 15) is 15.0 Å². The number of aryl methyl sites for hydroxylation is 1. The molecule has 0 saturated heterocycles. The number of benzene rings is 2. The van der Waals surface area contributed by atoms with Crippen LogP contribution in [0.25, 0.3) is 0 Å². The molecule has 0 heterocycles. The molecule has 0 aliphatic heterocycles. The minimum Gasteiger partial charge on any atom is -0.508 e. The minimum absolute atomic E-state index is 0.0567. The summed E-state index contributed by atoms with van der Waals surface area (Å²) in [7, 11) is 1.63. The van der Waals surface area contributed by atoms with E-state index in [-0.39, 0.29) is 23.0 Å². The van der Waals surface area contributed by atoms with Crippen molar-refractivity contribution < 1.29 is 15.0 Å². The molecule has 0 atom stereocenters. The van der Waals surface area contributed by atoms with Crippen molar-refractivity contribution in [2.45, 2.75) is 6.92 Å². The highest BCUT2D eigenvalue weighted by molar-refractivity contribution is 6.07. The molecular formula is C15H15NO3. The zero-order valence-electron chi connectivity index (χ0n) is 10.8. The van der Waals surface area contributed by atoms with Gasteiger partial charge in [0.15, 0.2) is 0 Å². The molecule has 4 heteroatoms. The number of phenolic OH excluding ortho intramolecular Hbond substituents is 2. The molecule has 0 aliphatic rings. The van der Waals surface area contributed by atoms with Crippen LogP contribution in [0, 0.1) is 6.92 Å². The summed E-state index contributed by atoms with van der Waals surface area (Å²) in [6, 6.07) is 11.4. The van der Waals surface area contributed by atoms with Crippen LogP contribution in [-0.4, -0.2) is 23.2 Å². The van der Waals surface area contributed by atoms with Gasteiger partial charge in [-0.2, -0.15) is 0 Å². The Morgan fingerprint density at radius 1 is 1.11 bits per heavy atom. The topological polar surface area (TPSA) is 60.8 Å². The van der Waals surface area contributed by atoms with Crippen LogP contribution in [-0.2, 0) is 0 Å². The molecule has 0 radical (unpaired) electrons. The monoisotopic (exact) mass is 257 g/mol. The van der Waals surface area contributed by atoms with Crippen LogP contribution in [0.5, 0.6) is 11.5 Å². The lowest BCUT2D eigenvalue weighted by Crippen LogP contribution is -2.26. The highest BCUT2D eigenvalue weighted by atomic mass is 16.3. The number of hydrogen-bond donors (Lipinski definition) is 2. The predicted octanol–water partition coefficient (Wildman–Crippen LogP) is 2.68. The lowest BCUT2D eigenvalue weighted by Gasteiger charge is -2.18. The Kier molecular flexibility index (Phi) is 3.42. The van der Waals surface area contributed by atoms with E-state index >= 15 is 0 Å². The van der Waals surface area contributed by atoms with E-state index in [0.29, 0.717) is 0 Å². The van der Waals surface area contributed by atoms with Crippen molar-refractivity contribution >= 4 is 11.6 Å². The van der Waals surface area contributed by atoms with Gasteiger partial charge in [0.1, 0.15) is 11.5 Å². The third-order valence-corrected chi connectivity index (χ3v) is 2.90. The molecule has 0 spiro atoms. The van der Waals surface area contributed by atoms with E-state index in [1.807, 2.05) is 31.2 Å². The lowest BCUT2D eigenvalue weighted by molar-refractivity contribution is 0.0990. The van der Waals surface area contributed by atoms with E-state index in [1.54, 1.807) is 7.05 Å². The molecule has 1 amide bonds. The fraction of sp³-hybridized carbons (Fsp3) is 0.133. The maximum atomic E-state index is 12.3. The SMILES string of the molecule is Cc1cccc(N(C)C(=O)c2cc(O)ccc2O)c1. The van der Waals surface area contributed by atoms with Crippen LogP contribution in [0.1, 0.15) is 15.9 Å². The fourth-order valence-electron chi connectivity index (χ4n) is 1.83. The average Bonchev–Trinajstić information content (AvgIpc) is 2.40. The van der Waals surface area contributed by atoms with Gasteiger partial charge in [0, 0.05) is 12.7 Å². The second-order valence-corrected chi connectivity index (χ2v) is 4.40. The maximum absolute atomic E-state index is 12.3. The van der Waals surface area contributed by atoms with Gasteiger partial charge in [-0.25, -0.2) is 0 Å². The van der Waals surface area contributed by atoms with Gasteiger partial charge >= 0.3 is 0 Å². The largest absolute Gasteiger partial charge is 0.508 e. The zero-order chi connectivity index (χ0) is 14.0. The maximum Gasteiger partial charge on any atom is 0.261 e. The van der Waals surface area contributed by atoms with Gasteiger partial charge in [0.25, 0.3) is 5.91 Å². The van der Waals surface area contributed by atoms with Gasteiger partial charge in [-0.15, -0.1) is 0 Å². The highest BCUT2D eigenvalue weighted by Crippen LogP contribution is 2.25. The summed E-state index contributed by atoms with van der Waals surface area (Å²) in [6.07, 6.45) is 0. The van der Waals surface area contributed by atoms with E-state index in [2.05, 4.69) is 0 Å². The molecule has 0 unspecified atom stereocenters. The van der Waals surface area contributed by atoms with Crippen LogP contribution in [0.15, 0.2) is 42.5 Å². The van der Waals surface area contributed by atoms with Crippen molar-refractivity contribution in [2.75, 3.05) is 11.9 Å². The second kappa shape index (κ2) is 5.02. The molecule has 2 aromatic carbocycles. The Labute approximate surface area is 111 Å². The number of carbonyl (C=O) groups excluding carboxylic acids is 1.